The third-order valence-electron chi connectivity index (χ3n) is 4.86. The van der Waals surface area contributed by atoms with Gasteiger partial charge in [0.2, 0.25) is 5.91 Å². The molecule has 0 saturated carbocycles. The molecule has 0 aliphatic heterocycles. The number of nitrogens with zero attached hydrogens (tertiary/aromatic N) is 2. The van der Waals surface area contributed by atoms with E-state index in [1.807, 2.05) is 36.4 Å². The monoisotopic (exact) mass is 333 g/mol. The van der Waals surface area contributed by atoms with E-state index in [4.69, 9.17) is 0 Å². The maximum absolute atomic E-state index is 12.9. The number of aromatic nitrogens is 2. The molecule has 3 aromatic rings. The molecule has 126 valence electrons. The van der Waals surface area contributed by atoms with Crippen LogP contribution in [0, 0.1) is 0 Å². The van der Waals surface area contributed by atoms with Crippen molar-refractivity contribution in [3.05, 3.63) is 75.8 Å². The van der Waals surface area contributed by atoms with Crippen molar-refractivity contribution in [2.24, 2.45) is 0 Å². The van der Waals surface area contributed by atoms with Crippen LogP contribution in [0.15, 0.2) is 53.3 Å². The summed E-state index contributed by atoms with van der Waals surface area (Å²) in [4.78, 5) is 34.0. The molecule has 1 aromatic heterocycles. The van der Waals surface area contributed by atoms with Gasteiger partial charge in [-0.05, 0) is 36.1 Å². The van der Waals surface area contributed by atoms with Gasteiger partial charge in [0.15, 0.2) is 0 Å². The van der Waals surface area contributed by atoms with Gasteiger partial charge in [-0.1, -0.05) is 36.4 Å². The molecule has 0 saturated heterocycles. The summed E-state index contributed by atoms with van der Waals surface area (Å²) >= 11 is 0. The van der Waals surface area contributed by atoms with Gasteiger partial charge < -0.3 is 9.88 Å². The average Bonchev–Trinajstić information content (AvgIpc) is 3.05. The van der Waals surface area contributed by atoms with Gasteiger partial charge >= 0.3 is 0 Å². The van der Waals surface area contributed by atoms with Gasteiger partial charge in [-0.3, -0.25) is 9.59 Å². The molecule has 5 heteroatoms. The number of rotatable bonds is 3. The van der Waals surface area contributed by atoms with E-state index in [0.717, 1.165) is 18.4 Å². The molecule has 25 heavy (non-hydrogen) atoms. The van der Waals surface area contributed by atoms with Gasteiger partial charge in [-0.25, -0.2) is 4.98 Å². The number of H-pyrrole nitrogens is 1. The second-order valence-corrected chi connectivity index (χ2v) is 6.51. The van der Waals surface area contributed by atoms with Crippen LogP contribution in [0.5, 0.6) is 0 Å². The number of aromatic amines is 1. The highest BCUT2D eigenvalue weighted by molar-refractivity contribution is 5.85. The Morgan fingerprint density at radius 2 is 1.96 bits per heavy atom. The first kappa shape index (κ1) is 15.6. The van der Waals surface area contributed by atoms with Crippen LogP contribution in [0.2, 0.25) is 0 Å². The molecule has 4 rings (SSSR count). The zero-order valence-electron chi connectivity index (χ0n) is 14.0. The van der Waals surface area contributed by atoms with Gasteiger partial charge in [-0.2, -0.15) is 0 Å². The summed E-state index contributed by atoms with van der Waals surface area (Å²) < 4.78 is 0. The summed E-state index contributed by atoms with van der Waals surface area (Å²) in [5.74, 6) is 0.472. The summed E-state index contributed by atoms with van der Waals surface area (Å²) in [5, 5.41) is 0.560. The van der Waals surface area contributed by atoms with Crippen molar-refractivity contribution in [1.82, 2.24) is 14.9 Å². The third-order valence-corrected chi connectivity index (χ3v) is 4.86. The van der Waals surface area contributed by atoms with E-state index in [1.54, 1.807) is 18.0 Å². The lowest BCUT2D eigenvalue weighted by Gasteiger charge is -2.21. The predicted octanol–water partition coefficient (Wildman–Crippen LogP) is 2.61. The van der Waals surface area contributed by atoms with Gasteiger partial charge in [0.1, 0.15) is 5.82 Å². The number of benzene rings is 2. The average molecular weight is 333 g/mol. The van der Waals surface area contributed by atoms with Crippen molar-refractivity contribution in [2.75, 3.05) is 7.05 Å². The van der Waals surface area contributed by atoms with E-state index in [-0.39, 0.29) is 23.9 Å². The number of fused-ring (bicyclic) bond motifs is 2. The smallest absolute Gasteiger partial charge is 0.258 e. The number of hydrogen-bond acceptors (Lipinski definition) is 3. The Labute approximate surface area is 145 Å². The van der Waals surface area contributed by atoms with Crippen molar-refractivity contribution in [3.63, 3.8) is 0 Å². The van der Waals surface area contributed by atoms with E-state index in [1.165, 1.54) is 5.56 Å². The van der Waals surface area contributed by atoms with Gasteiger partial charge in [0.05, 0.1) is 23.4 Å². The molecule has 1 heterocycles. The quantitative estimate of drug-likeness (QED) is 0.801. The number of carbonyl (C=O) groups excluding carboxylic acids is 1. The Morgan fingerprint density at radius 3 is 2.84 bits per heavy atom. The minimum atomic E-state index is -0.173. The molecular formula is C20H19N3O2. The summed E-state index contributed by atoms with van der Waals surface area (Å²) in [7, 11) is 1.76. The Bertz CT molecular complexity index is 1010. The summed E-state index contributed by atoms with van der Waals surface area (Å²) in [6.45, 7) is 0.289. The molecule has 0 bridgehead atoms. The molecule has 1 aliphatic carbocycles. The molecule has 0 unspecified atom stereocenters. The fourth-order valence-electron chi connectivity index (χ4n) is 3.59. The Morgan fingerprint density at radius 1 is 1.20 bits per heavy atom. The molecule has 0 fully saturated rings. The van der Waals surface area contributed by atoms with Crippen LogP contribution in [0.1, 0.15) is 29.3 Å². The SMILES string of the molecule is CN(Cc1nc2ccccc2c(=O)[nH]1)C(=O)[C@@H]1CCc2ccccc21. The third kappa shape index (κ3) is 2.82. The van der Waals surface area contributed by atoms with Crippen LogP contribution in [-0.4, -0.2) is 27.8 Å². The van der Waals surface area contributed by atoms with Crippen molar-refractivity contribution in [1.29, 1.82) is 0 Å². The minimum Gasteiger partial charge on any atom is -0.338 e. The van der Waals surface area contributed by atoms with Gasteiger partial charge in [0.25, 0.3) is 5.56 Å². The largest absolute Gasteiger partial charge is 0.338 e. The Hall–Kier alpha value is -2.95. The number of aryl methyl sites for hydroxylation is 1. The fourth-order valence-corrected chi connectivity index (χ4v) is 3.59. The molecule has 1 atom stereocenters. The highest BCUT2D eigenvalue weighted by Gasteiger charge is 2.30. The second kappa shape index (κ2) is 6.16. The first-order valence-corrected chi connectivity index (χ1v) is 8.44. The summed E-state index contributed by atoms with van der Waals surface area (Å²) in [6.07, 6.45) is 1.77. The molecular weight excluding hydrogens is 314 g/mol. The van der Waals surface area contributed by atoms with Crippen LogP contribution in [0.25, 0.3) is 10.9 Å². The minimum absolute atomic E-state index is 0.0701. The maximum atomic E-state index is 12.9. The van der Waals surface area contributed by atoms with Gasteiger partial charge in [-0.15, -0.1) is 0 Å². The zero-order valence-corrected chi connectivity index (χ0v) is 14.0. The van der Waals surface area contributed by atoms with Crippen LogP contribution in [0.4, 0.5) is 0 Å². The predicted molar refractivity (Wildman–Crippen MR) is 96.3 cm³/mol. The van der Waals surface area contributed by atoms with E-state index >= 15 is 0 Å². The Balaban J connectivity index is 1.57. The molecule has 0 spiro atoms. The van der Waals surface area contributed by atoms with E-state index in [2.05, 4.69) is 16.0 Å². The number of para-hydroxylation sites is 1. The van der Waals surface area contributed by atoms with Crippen molar-refractivity contribution in [2.45, 2.75) is 25.3 Å². The highest BCUT2D eigenvalue weighted by atomic mass is 16.2. The molecule has 1 amide bonds. The molecule has 5 nitrogen and oxygen atoms in total. The van der Waals surface area contributed by atoms with Crippen LogP contribution >= 0.6 is 0 Å². The molecule has 2 aromatic carbocycles. The number of likely N-dealkylation sites (N-methyl/N-ethyl adjacent to an activating group) is 1. The Kier molecular flexibility index (Phi) is 3.84. The number of nitrogens with one attached hydrogen (secondary N) is 1. The summed E-state index contributed by atoms with van der Waals surface area (Å²) in [6, 6.07) is 15.3. The second-order valence-electron chi connectivity index (χ2n) is 6.51. The molecule has 1 aliphatic rings. The molecule has 0 radical (unpaired) electrons. The maximum Gasteiger partial charge on any atom is 0.258 e. The normalized spacial score (nSPS) is 16.0. The lowest BCUT2D eigenvalue weighted by molar-refractivity contribution is -0.132. The number of hydrogen-bond donors (Lipinski definition) is 1. The van der Waals surface area contributed by atoms with Crippen molar-refractivity contribution >= 4 is 16.8 Å². The summed E-state index contributed by atoms with van der Waals surface area (Å²) in [5.41, 5.74) is 2.85. The van der Waals surface area contributed by atoms with Crippen LogP contribution in [-0.2, 0) is 17.8 Å². The lowest BCUT2D eigenvalue weighted by Crippen LogP contribution is -2.32. The first-order valence-electron chi connectivity index (χ1n) is 8.44. The number of carbonyl (C=O) groups is 1. The standard InChI is InChI=1S/C20H19N3O2/c1-23(20(25)15-11-10-13-6-2-3-7-14(13)15)12-18-21-17-9-5-4-8-16(17)19(24)22-18/h2-9,15H,10-12H2,1H3,(H,21,22,24)/t15-/m1/s1. The van der Waals surface area contributed by atoms with E-state index in [0.29, 0.717) is 16.7 Å². The lowest BCUT2D eigenvalue weighted by atomic mass is 10.00. The molecule has 1 N–H and O–H groups in total. The van der Waals surface area contributed by atoms with Crippen molar-refractivity contribution in [3.8, 4) is 0 Å². The fraction of sp³-hybridized carbons (Fsp3) is 0.250. The van der Waals surface area contributed by atoms with Crippen molar-refractivity contribution < 1.29 is 4.79 Å². The zero-order chi connectivity index (χ0) is 17.4. The van der Waals surface area contributed by atoms with Crippen LogP contribution in [0.3, 0.4) is 0 Å². The number of amides is 1. The van der Waals surface area contributed by atoms with Crippen LogP contribution < -0.4 is 5.56 Å². The highest BCUT2D eigenvalue weighted by Crippen LogP contribution is 2.34. The topological polar surface area (TPSA) is 66.1 Å². The van der Waals surface area contributed by atoms with E-state index < -0.39 is 0 Å². The first-order chi connectivity index (χ1) is 12.1. The van der Waals surface area contributed by atoms with E-state index in [9.17, 15) is 9.59 Å². The van der Waals surface area contributed by atoms with Gasteiger partial charge in [0, 0.05) is 7.05 Å².